The van der Waals surface area contributed by atoms with Crippen LogP contribution in [0.3, 0.4) is 0 Å². The van der Waals surface area contributed by atoms with Crippen molar-refractivity contribution < 1.29 is 0 Å². The van der Waals surface area contributed by atoms with Gasteiger partial charge in [0.1, 0.15) is 0 Å². The Labute approximate surface area is 193 Å². The lowest BCUT2D eigenvalue weighted by Gasteiger charge is -2.24. The van der Waals surface area contributed by atoms with Gasteiger partial charge in [0, 0.05) is 32.5 Å². The molecule has 2 unspecified atom stereocenters. The molecule has 2 heterocycles. The first-order chi connectivity index (χ1) is 15.9. The van der Waals surface area contributed by atoms with Crippen molar-refractivity contribution in [3.8, 4) is 16.8 Å². The minimum absolute atomic E-state index is 0.642. The summed E-state index contributed by atoms with van der Waals surface area (Å²) in [6.07, 6.45) is 9.76. The van der Waals surface area contributed by atoms with Crippen molar-refractivity contribution in [1.82, 2.24) is 4.57 Å². The summed E-state index contributed by atoms with van der Waals surface area (Å²) in [5, 5.41) is 2.05. The first kappa shape index (κ1) is 18.6. The molecule has 2 atom stereocenters. The number of thioether (sulfide) groups is 1. The van der Waals surface area contributed by atoms with Crippen LogP contribution in [0, 0.1) is 5.92 Å². The molecule has 0 spiro atoms. The molecule has 2 aliphatic carbocycles. The van der Waals surface area contributed by atoms with Gasteiger partial charge in [-0.25, -0.2) is 0 Å². The molecule has 0 bridgehead atoms. The fourth-order valence-corrected chi connectivity index (χ4v) is 7.66. The van der Waals surface area contributed by atoms with Crippen LogP contribution < -0.4 is 0 Å². The van der Waals surface area contributed by atoms with Crippen LogP contribution in [-0.4, -0.2) is 9.82 Å². The topological polar surface area (TPSA) is 4.93 Å². The van der Waals surface area contributed by atoms with Gasteiger partial charge in [-0.2, -0.15) is 0 Å². The monoisotopic (exact) mass is 431 g/mol. The number of aromatic nitrogens is 1. The second-order valence-electron chi connectivity index (χ2n) is 9.14. The standard InChI is InChI=1S/C30H25NS/c1-2-9-20(10-3-1)21-11-8-12-22(19-21)31-26-15-6-4-14-25(26)29-27(31)18-17-24-23-13-5-7-16-28(23)32-30(24)29/h1-4,6-12,14-16,19,23,28H,5,13,17-18H2. The van der Waals surface area contributed by atoms with Gasteiger partial charge in [0.05, 0.1) is 5.52 Å². The molecule has 3 aliphatic rings. The number of para-hydroxylation sites is 1. The van der Waals surface area contributed by atoms with Crippen LogP contribution in [-0.2, 0) is 6.42 Å². The van der Waals surface area contributed by atoms with Gasteiger partial charge in [-0.05, 0) is 60.9 Å². The van der Waals surface area contributed by atoms with E-state index >= 15 is 0 Å². The van der Waals surface area contributed by atoms with Crippen LogP contribution in [0.5, 0.6) is 0 Å². The summed E-state index contributed by atoms with van der Waals surface area (Å²) >= 11 is 2.12. The zero-order chi connectivity index (χ0) is 21.1. The molecule has 156 valence electrons. The molecular formula is C30H25NS. The van der Waals surface area contributed by atoms with E-state index in [1.54, 1.807) is 10.5 Å². The normalized spacial score (nSPS) is 21.5. The van der Waals surface area contributed by atoms with Gasteiger partial charge in [-0.3, -0.25) is 0 Å². The minimum Gasteiger partial charge on any atom is -0.313 e. The number of benzene rings is 3. The molecule has 0 radical (unpaired) electrons. The van der Waals surface area contributed by atoms with Crippen molar-refractivity contribution in [2.45, 2.75) is 30.9 Å². The van der Waals surface area contributed by atoms with Gasteiger partial charge in [0.25, 0.3) is 0 Å². The van der Waals surface area contributed by atoms with Gasteiger partial charge in [-0.15, -0.1) is 11.8 Å². The Morgan fingerprint density at radius 2 is 1.66 bits per heavy atom. The molecule has 0 amide bonds. The molecule has 2 heteroatoms. The van der Waals surface area contributed by atoms with Crippen molar-refractivity contribution in [2.24, 2.45) is 5.92 Å². The summed E-state index contributed by atoms with van der Waals surface area (Å²) in [7, 11) is 0. The third kappa shape index (κ3) is 2.72. The third-order valence-corrected chi connectivity index (χ3v) is 8.86. The number of allylic oxidation sites excluding steroid dienone is 2. The molecule has 1 aliphatic heterocycles. The second-order valence-corrected chi connectivity index (χ2v) is 10.3. The summed E-state index contributed by atoms with van der Waals surface area (Å²) in [6, 6.07) is 28.8. The van der Waals surface area contributed by atoms with Crippen LogP contribution in [0.4, 0.5) is 0 Å². The molecule has 4 aromatic rings. The molecule has 1 nitrogen and oxygen atoms in total. The van der Waals surface area contributed by atoms with E-state index in [1.165, 1.54) is 58.2 Å². The lowest BCUT2D eigenvalue weighted by atomic mass is 9.81. The van der Waals surface area contributed by atoms with Crippen molar-refractivity contribution in [2.75, 3.05) is 0 Å². The molecule has 0 fully saturated rings. The van der Waals surface area contributed by atoms with Crippen LogP contribution in [0.15, 0.2) is 96.6 Å². The zero-order valence-corrected chi connectivity index (χ0v) is 18.8. The van der Waals surface area contributed by atoms with Crippen LogP contribution >= 0.6 is 11.8 Å². The number of nitrogens with zero attached hydrogens (tertiary/aromatic N) is 1. The Balaban J connectivity index is 1.44. The van der Waals surface area contributed by atoms with E-state index in [-0.39, 0.29) is 0 Å². The molecule has 3 aromatic carbocycles. The quantitative estimate of drug-likeness (QED) is 0.291. The van der Waals surface area contributed by atoms with E-state index in [0.717, 1.165) is 12.3 Å². The highest BCUT2D eigenvalue weighted by Crippen LogP contribution is 2.57. The number of hydrogen-bond donors (Lipinski definition) is 0. The molecular weight excluding hydrogens is 406 g/mol. The Morgan fingerprint density at radius 3 is 2.59 bits per heavy atom. The fraction of sp³-hybridized carbons (Fsp3) is 0.200. The van der Waals surface area contributed by atoms with Gasteiger partial charge in [0.15, 0.2) is 0 Å². The highest BCUT2D eigenvalue weighted by atomic mass is 32.2. The van der Waals surface area contributed by atoms with Gasteiger partial charge < -0.3 is 4.57 Å². The van der Waals surface area contributed by atoms with Gasteiger partial charge in [-0.1, -0.05) is 78.4 Å². The van der Waals surface area contributed by atoms with E-state index in [4.69, 9.17) is 0 Å². The molecule has 0 saturated heterocycles. The summed E-state index contributed by atoms with van der Waals surface area (Å²) in [6.45, 7) is 0. The maximum absolute atomic E-state index is 2.54. The minimum atomic E-state index is 0.642. The first-order valence-corrected chi connectivity index (χ1v) is 12.6. The average molecular weight is 432 g/mol. The molecule has 7 rings (SSSR count). The summed E-state index contributed by atoms with van der Waals surface area (Å²) in [5.74, 6) is 0.747. The molecule has 0 N–H and O–H groups in total. The first-order valence-electron chi connectivity index (χ1n) is 11.7. The predicted molar refractivity (Wildman–Crippen MR) is 137 cm³/mol. The lowest BCUT2D eigenvalue weighted by molar-refractivity contribution is 0.550. The second kappa shape index (κ2) is 7.28. The zero-order valence-electron chi connectivity index (χ0n) is 18.0. The maximum atomic E-state index is 2.54. The number of fused-ring (bicyclic) bond motifs is 6. The highest BCUT2D eigenvalue weighted by Gasteiger charge is 2.39. The molecule has 1 aromatic heterocycles. The highest BCUT2D eigenvalue weighted by molar-refractivity contribution is 8.09. The van der Waals surface area contributed by atoms with E-state index < -0.39 is 0 Å². The maximum Gasteiger partial charge on any atom is 0.0538 e. The molecule has 32 heavy (non-hydrogen) atoms. The van der Waals surface area contributed by atoms with Crippen LogP contribution in [0.25, 0.3) is 32.6 Å². The average Bonchev–Trinajstić information content (AvgIpc) is 3.40. The Hall–Kier alpha value is -2.97. The predicted octanol–water partition coefficient (Wildman–Crippen LogP) is 8.04. The summed E-state index contributed by atoms with van der Waals surface area (Å²) in [4.78, 5) is 1.59. The largest absolute Gasteiger partial charge is 0.313 e. The third-order valence-electron chi connectivity index (χ3n) is 7.40. The number of hydrogen-bond acceptors (Lipinski definition) is 1. The van der Waals surface area contributed by atoms with E-state index in [0.29, 0.717) is 5.25 Å². The van der Waals surface area contributed by atoms with Crippen molar-refractivity contribution in [1.29, 1.82) is 0 Å². The van der Waals surface area contributed by atoms with Crippen molar-refractivity contribution in [3.63, 3.8) is 0 Å². The Bertz CT molecular complexity index is 1410. The SMILES string of the molecule is C1=CC2SC3=C(CCc4c3c3ccccc3n4-c3cccc(-c4ccccc4)c3)C2CC1. The van der Waals surface area contributed by atoms with Gasteiger partial charge in [0.2, 0.25) is 0 Å². The number of rotatable bonds is 2. The lowest BCUT2D eigenvalue weighted by Crippen LogP contribution is -2.17. The van der Waals surface area contributed by atoms with E-state index in [2.05, 4.69) is 107 Å². The smallest absolute Gasteiger partial charge is 0.0538 e. The van der Waals surface area contributed by atoms with Crippen molar-refractivity contribution >= 4 is 27.6 Å². The van der Waals surface area contributed by atoms with Crippen LogP contribution in [0.1, 0.15) is 30.5 Å². The fourth-order valence-electron chi connectivity index (χ4n) is 5.98. The summed E-state index contributed by atoms with van der Waals surface area (Å²) < 4.78 is 2.54. The van der Waals surface area contributed by atoms with Crippen molar-refractivity contribution in [3.05, 3.63) is 108 Å². The summed E-state index contributed by atoms with van der Waals surface area (Å²) in [5.41, 5.74) is 9.89. The van der Waals surface area contributed by atoms with Crippen LogP contribution in [0.2, 0.25) is 0 Å². The van der Waals surface area contributed by atoms with E-state index in [9.17, 15) is 0 Å². The Kier molecular flexibility index (Phi) is 4.23. The van der Waals surface area contributed by atoms with Gasteiger partial charge >= 0.3 is 0 Å². The molecule has 0 saturated carbocycles. The Morgan fingerprint density at radius 1 is 0.812 bits per heavy atom. The van der Waals surface area contributed by atoms with E-state index in [1.807, 2.05) is 0 Å².